The van der Waals surface area contributed by atoms with Gasteiger partial charge in [0.1, 0.15) is 5.54 Å². The number of carboxylic acids is 1. The third kappa shape index (κ3) is 5.14. The van der Waals surface area contributed by atoms with Gasteiger partial charge in [0.15, 0.2) is 0 Å². The molecule has 1 fully saturated rings. The van der Waals surface area contributed by atoms with Gasteiger partial charge in [-0.3, -0.25) is 14.6 Å². The van der Waals surface area contributed by atoms with Crippen LogP contribution in [0.4, 0.5) is 5.69 Å². The maximum atomic E-state index is 12.5. The van der Waals surface area contributed by atoms with Crippen LogP contribution in [0.2, 0.25) is 5.02 Å². The van der Waals surface area contributed by atoms with Gasteiger partial charge in [0.25, 0.3) is 5.91 Å². The van der Waals surface area contributed by atoms with Crippen molar-refractivity contribution in [1.82, 2.24) is 9.71 Å². The van der Waals surface area contributed by atoms with Crippen LogP contribution in [0.25, 0.3) is 11.1 Å². The Morgan fingerprint density at radius 1 is 0.972 bits per heavy atom. The molecule has 0 spiro atoms. The Kier molecular flexibility index (Phi) is 6.78. The van der Waals surface area contributed by atoms with Gasteiger partial charge in [-0.25, -0.2) is 4.72 Å². The highest BCUT2D eigenvalue weighted by Gasteiger charge is 2.61. The molecule has 2 atom stereocenters. The van der Waals surface area contributed by atoms with Crippen molar-refractivity contribution in [2.24, 2.45) is 0 Å². The maximum absolute atomic E-state index is 12.5. The lowest BCUT2D eigenvalue weighted by Gasteiger charge is -2.15. The summed E-state index contributed by atoms with van der Waals surface area (Å²) in [5, 5.41) is 13.6. The highest BCUT2D eigenvalue weighted by Crippen LogP contribution is 2.53. The number of aliphatic carboxylic acids is 1. The molecule has 1 saturated carbocycles. The Hall–Kier alpha value is -3.65. The summed E-state index contributed by atoms with van der Waals surface area (Å²) < 4.78 is 3.19. The van der Waals surface area contributed by atoms with Crippen LogP contribution in [-0.2, 0) is 4.79 Å². The van der Waals surface area contributed by atoms with E-state index in [4.69, 9.17) is 11.6 Å². The Morgan fingerprint density at radius 3 is 2.36 bits per heavy atom. The number of nitrogens with zero attached hydrogens (tertiary/aromatic N) is 1. The number of hydrogen-bond donors (Lipinski definition) is 3. The number of carboxylic acid groups (broad SMARTS) is 1. The first-order valence-corrected chi connectivity index (χ1v) is 12.5. The molecule has 6 nitrogen and oxygen atoms in total. The molecule has 1 aliphatic carbocycles. The lowest BCUT2D eigenvalue weighted by Crippen LogP contribution is -2.36. The summed E-state index contributed by atoms with van der Waals surface area (Å²) in [6, 6.07) is 26.3. The molecule has 8 heteroatoms. The number of rotatable bonds is 8. The van der Waals surface area contributed by atoms with E-state index in [1.54, 1.807) is 24.4 Å². The van der Waals surface area contributed by atoms with Gasteiger partial charge in [-0.05, 0) is 83.6 Å². The number of aromatic nitrogens is 1. The summed E-state index contributed by atoms with van der Waals surface area (Å²) in [6.45, 7) is 0. The lowest BCUT2D eigenvalue weighted by atomic mass is 10.1. The number of anilines is 1. The molecule has 4 aromatic rings. The molecule has 36 heavy (non-hydrogen) atoms. The zero-order valence-corrected chi connectivity index (χ0v) is 20.6. The second-order valence-corrected chi connectivity index (χ2v) is 9.91. The topological polar surface area (TPSA) is 91.3 Å². The van der Waals surface area contributed by atoms with Crippen LogP contribution in [0, 0.1) is 0 Å². The summed E-state index contributed by atoms with van der Waals surface area (Å²) in [5.41, 5.74) is 2.95. The van der Waals surface area contributed by atoms with E-state index >= 15 is 0 Å². The number of nitrogens with one attached hydrogen (secondary N) is 2. The SMILES string of the molecule is O=C(Nc1cccc(C2CC2(NSc2ccc(-c3ccc(Cl)cc3)cc2)C(=O)O)c1)c1cccnc1. The van der Waals surface area contributed by atoms with Crippen LogP contribution in [-0.4, -0.2) is 27.5 Å². The molecular weight excluding hydrogens is 494 g/mol. The number of carbonyl (C=O) groups is 2. The minimum Gasteiger partial charge on any atom is -0.480 e. The van der Waals surface area contributed by atoms with Crippen molar-refractivity contribution in [3.63, 3.8) is 0 Å². The number of carbonyl (C=O) groups excluding carboxylic acids is 1. The van der Waals surface area contributed by atoms with Gasteiger partial charge in [-0.1, -0.05) is 48.0 Å². The van der Waals surface area contributed by atoms with Gasteiger partial charge in [0, 0.05) is 33.9 Å². The third-order valence-corrected chi connectivity index (χ3v) is 7.42. The lowest BCUT2D eigenvalue weighted by molar-refractivity contribution is -0.140. The van der Waals surface area contributed by atoms with E-state index in [-0.39, 0.29) is 11.8 Å². The number of halogens is 1. The Morgan fingerprint density at radius 2 is 1.69 bits per heavy atom. The van der Waals surface area contributed by atoms with Crippen LogP contribution in [0.5, 0.6) is 0 Å². The third-order valence-electron chi connectivity index (χ3n) is 6.20. The summed E-state index contributed by atoms with van der Waals surface area (Å²) in [5.74, 6) is -1.38. The number of benzene rings is 3. The predicted molar refractivity (Wildman–Crippen MR) is 142 cm³/mol. The molecule has 5 rings (SSSR count). The molecule has 1 aromatic heterocycles. The molecule has 1 heterocycles. The first kappa shape index (κ1) is 24.1. The molecule has 3 aromatic carbocycles. The van der Waals surface area contributed by atoms with E-state index in [1.165, 1.54) is 18.1 Å². The molecule has 3 N–H and O–H groups in total. The fourth-order valence-corrected chi connectivity index (χ4v) is 5.11. The van der Waals surface area contributed by atoms with Crippen LogP contribution in [0.3, 0.4) is 0 Å². The second kappa shape index (κ2) is 10.1. The zero-order chi connectivity index (χ0) is 25.1. The van der Waals surface area contributed by atoms with E-state index in [0.29, 0.717) is 22.7 Å². The van der Waals surface area contributed by atoms with Crippen LogP contribution >= 0.6 is 23.5 Å². The average molecular weight is 516 g/mol. The number of hydrogen-bond acceptors (Lipinski definition) is 5. The molecule has 0 radical (unpaired) electrons. The van der Waals surface area contributed by atoms with E-state index in [2.05, 4.69) is 15.0 Å². The molecule has 0 aliphatic heterocycles. The monoisotopic (exact) mass is 515 g/mol. The van der Waals surface area contributed by atoms with Crippen molar-refractivity contribution in [1.29, 1.82) is 0 Å². The van der Waals surface area contributed by atoms with E-state index in [0.717, 1.165) is 21.6 Å². The van der Waals surface area contributed by atoms with Crippen molar-refractivity contribution in [3.05, 3.63) is 113 Å². The van der Waals surface area contributed by atoms with E-state index in [1.807, 2.05) is 66.7 Å². The van der Waals surface area contributed by atoms with Crippen molar-refractivity contribution >= 4 is 41.1 Å². The average Bonchev–Trinajstić information content (AvgIpc) is 3.65. The van der Waals surface area contributed by atoms with Crippen LogP contribution < -0.4 is 10.0 Å². The Labute approximate surface area is 217 Å². The normalized spacial score (nSPS) is 18.4. The van der Waals surface area contributed by atoms with Crippen LogP contribution in [0.15, 0.2) is 102 Å². The fraction of sp³-hybridized carbons (Fsp3) is 0.107. The number of amides is 1. The molecular formula is C28H22ClN3O3S. The van der Waals surface area contributed by atoms with Gasteiger partial charge < -0.3 is 10.4 Å². The van der Waals surface area contributed by atoms with Crippen LogP contribution in [0.1, 0.15) is 28.3 Å². The van der Waals surface area contributed by atoms with Gasteiger partial charge in [0.05, 0.1) is 5.56 Å². The van der Waals surface area contributed by atoms with Crippen molar-refractivity contribution in [2.45, 2.75) is 22.8 Å². The maximum Gasteiger partial charge on any atom is 0.325 e. The van der Waals surface area contributed by atoms with Crippen molar-refractivity contribution in [2.75, 3.05) is 5.32 Å². The predicted octanol–water partition coefficient (Wildman–Crippen LogP) is 6.26. The minimum absolute atomic E-state index is 0.217. The first-order valence-electron chi connectivity index (χ1n) is 11.3. The first-order chi connectivity index (χ1) is 17.4. The van der Waals surface area contributed by atoms with Gasteiger partial charge in [-0.2, -0.15) is 0 Å². The molecule has 2 unspecified atom stereocenters. The van der Waals surface area contributed by atoms with Crippen molar-refractivity contribution in [3.8, 4) is 11.1 Å². The second-order valence-electron chi connectivity index (χ2n) is 8.59. The Balaban J connectivity index is 1.25. The van der Waals surface area contributed by atoms with E-state index < -0.39 is 11.5 Å². The highest BCUT2D eigenvalue weighted by molar-refractivity contribution is 7.97. The quantitative estimate of drug-likeness (QED) is 0.240. The largest absolute Gasteiger partial charge is 0.480 e. The van der Waals surface area contributed by atoms with Gasteiger partial charge >= 0.3 is 5.97 Å². The molecule has 180 valence electrons. The standard InChI is InChI=1S/C28H22ClN3O3S/c29-22-10-6-18(7-11-22)19-8-12-24(13-9-19)36-32-28(27(34)35)16-25(28)20-3-1-5-23(15-20)31-26(33)21-4-2-14-30-17-21/h1-15,17,25,32H,16H2,(H,31,33)(H,34,35). The fourth-order valence-electron chi connectivity index (χ4n) is 4.10. The van der Waals surface area contributed by atoms with Gasteiger partial charge in [0.2, 0.25) is 0 Å². The molecule has 1 aliphatic rings. The molecule has 0 saturated heterocycles. The summed E-state index contributed by atoms with van der Waals surface area (Å²) in [7, 11) is 0. The zero-order valence-electron chi connectivity index (χ0n) is 19.0. The molecule has 0 bridgehead atoms. The minimum atomic E-state index is -1.08. The summed E-state index contributed by atoms with van der Waals surface area (Å²) in [4.78, 5) is 29.6. The summed E-state index contributed by atoms with van der Waals surface area (Å²) >= 11 is 7.28. The van der Waals surface area contributed by atoms with Gasteiger partial charge in [-0.15, -0.1) is 0 Å². The highest BCUT2D eigenvalue weighted by atomic mass is 35.5. The van der Waals surface area contributed by atoms with Crippen molar-refractivity contribution < 1.29 is 14.7 Å². The Bertz CT molecular complexity index is 1400. The van der Waals surface area contributed by atoms with E-state index in [9.17, 15) is 14.7 Å². The number of pyridine rings is 1. The smallest absolute Gasteiger partial charge is 0.325 e. The summed E-state index contributed by atoms with van der Waals surface area (Å²) in [6.07, 6.45) is 3.56. The molecule has 1 amide bonds.